The topological polar surface area (TPSA) is 55.1 Å². The molecule has 2 rings (SSSR count). The van der Waals surface area contributed by atoms with E-state index in [9.17, 15) is 4.79 Å². The van der Waals surface area contributed by atoms with Crippen molar-refractivity contribution in [2.75, 3.05) is 11.9 Å². The van der Waals surface area contributed by atoms with Gasteiger partial charge in [-0.1, -0.05) is 38.8 Å². The molecule has 0 bridgehead atoms. The Balaban J connectivity index is 2.06. The molecule has 1 amide bonds. The van der Waals surface area contributed by atoms with Crippen LogP contribution >= 0.6 is 0 Å². The number of amides is 1. The normalized spacial score (nSPS) is 17.7. The van der Waals surface area contributed by atoms with Crippen LogP contribution in [0.15, 0.2) is 24.3 Å². The number of carbonyl (C=O) groups excluding carboxylic acids is 1. The third-order valence-electron chi connectivity index (χ3n) is 4.27. The molecular weight excluding hydrogens is 236 g/mol. The fraction of sp³-hybridized carbons (Fsp3) is 0.562. The number of carbonyl (C=O) groups is 1. The van der Waals surface area contributed by atoms with Gasteiger partial charge in [-0.15, -0.1) is 0 Å². The molecule has 0 atom stereocenters. The summed E-state index contributed by atoms with van der Waals surface area (Å²) >= 11 is 0. The Morgan fingerprint density at radius 2 is 1.84 bits per heavy atom. The van der Waals surface area contributed by atoms with Gasteiger partial charge in [-0.05, 0) is 36.5 Å². The maximum absolute atomic E-state index is 12.4. The maximum Gasteiger partial charge on any atom is 0.231 e. The molecule has 0 aliphatic heterocycles. The Labute approximate surface area is 115 Å². The molecular formula is C16H24N2O. The Bertz CT molecular complexity index is 431. The fourth-order valence-electron chi connectivity index (χ4n) is 2.79. The number of benzene rings is 1. The number of anilines is 1. The summed E-state index contributed by atoms with van der Waals surface area (Å²) in [7, 11) is 0. The first-order chi connectivity index (χ1) is 9.07. The van der Waals surface area contributed by atoms with Gasteiger partial charge in [0.1, 0.15) is 0 Å². The van der Waals surface area contributed by atoms with Crippen LogP contribution in [0.2, 0.25) is 0 Å². The van der Waals surface area contributed by atoms with Crippen LogP contribution in [0.25, 0.3) is 0 Å². The molecule has 0 radical (unpaired) electrons. The second-order valence-corrected chi connectivity index (χ2v) is 5.92. The van der Waals surface area contributed by atoms with Crippen LogP contribution in [0.5, 0.6) is 0 Å². The molecule has 0 saturated heterocycles. The van der Waals surface area contributed by atoms with Crippen LogP contribution in [0, 0.1) is 5.41 Å². The summed E-state index contributed by atoms with van der Waals surface area (Å²) in [6.45, 7) is 4.77. The van der Waals surface area contributed by atoms with E-state index < -0.39 is 0 Å². The zero-order valence-corrected chi connectivity index (χ0v) is 11.9. The fourth-order valence-corrected chi connectivity index (χ4v) is 2.79. The third kappa shape index (κ3) is 2.98. The van der Waals surface area contributed by atoms with Crippen LogP contribution in [-0.2, 0) is 4.79 Å². The smallest absolute Gasteiger partial charge is 0.231 e. The van der Waals surface area contributed by atoms with Crippen molar-refractivity contribution in [3.63, 3.8) is 0 Å². The summed E-state index contributed by atoms with van der Waals surface area (Å²) in [4.78, 5) is 12.4. The van der Waals surface area contributed by atoms with Crippen molar-refractivity contribution in [3.8, 4) is 0 Å². The van der Waals surface area contributed by atoms with E-state index in [0.29, 0.717) is 12.5 Å². The molecule has 1 fully saturated rings. The number of nitrogens with two attached hydrogens (primary N) is 1. The molecule has 1 aromatic carbocycles. The molecule has 0 spiro atoms. The summed E-state index contributed by atoms with van der Waals surface area (Å²) in [6.07, 6.45) is 4.05. The standard InChI is InChI=1S/C16H24N2O/c1-12(2)13-5-7-14(8-6-13)18-15(19)16(11-17)9-3-4-10-16/h5-8,12H,3-4,9-11,17H2,1-2H3,(H,18,19). The van der Waals surface area contributed by atoms with Gasteiger partial charge in [-0.3, -0.25) is 4.79 Å². The summed E-state index contributed by atoms with van der Waals surface area (Å²) in [5, 5.41) is 3.02. The average molecular weight is 260 g/mol. The second kappa shape index (κ2) is 5.74. The van der Waals surface area contributed by atoms with Crippen LogP contribution < -0.4 is 11.1 Å². The van der Waals surface area contributed by atoms with Gasteiger partial charge in [0, 0.05) is 12.2 Å². The lowest BCUT2D eigenvalue weighted by Gasteiger charge is -2.25. The lowest BCUT2D eigenvalue weighted by molar-refractivity contribution is -0.124. The molecule has 0 unspecified atom stereocenters. The van der Waals surface area contributed by atoms with Gasteiger partial charge in [0.15, 0.2) is 0 Å². The van der Waals surface area contributed by atoms with Gasteiger partial charge in [-0.2, -0.15) is 0 Å². The van der Waals surface area contributed by atoms with Gasteiger partial charge >= 0.3 is 0 Å². The van der Waals surface area contributed by atoms with Gasteiger partial charge < -0.3 is 11.1 Å². The summed E-state index contributed by atoms with van der Waals surface area (Å²) in [5.41, 5.74) is 7.64. The van der Waals surface area contributed by atoms with Crippen molar-refractivity contribution in [3.05, 3.63) is 29.8 Å². The molecule has 0 heterocycles. The summed E-state index contributed by atoms with van der Waals surface area (Å²) in [6, 6.07) is 8.10. The van der Waals surface area contributed by atoms with Gasteiger partial charge in [0.2, 0.25) is 5.91 Å². The molecule has 3 N–H and O–H groups in total. The highest BCUT2D eigenvalue weighted by molar-refractivity contribution is 5.95. The van der Waals surface area contributed by atoms with Crippen molar-refractivity contribution in [1.29, 1.82) is 0 Å². The highest BCUT2D eigenvalue weighted by Gasteiger charge is 2.39. The van der Waals surface area contributed by atoms with E-state index in [4.69, 9.17) is 5.73 Å². The van der Waals surface area contributed by atoms with Crippen molar-refractivity contribution < 1.29 is 4.79 Å². The Kier molecular flexibility index (Phi) is 4.25. The van der Waals surface area contributed by atoms with Gasteiger partial charge in [0.05, 0.1) is 5.41 Å². The number of hydrogen-bond donors (Lipinski definition) is 2. The summed E-state index contributed by atoms with van der Waals surface area (Å²) < 4.78 is 0. The van der Waals surface area contributed by atoms with E-state index in [1.807, 2.05) is 12.1 Å². The molecule has 3 heteroatoms. The van der Waals surface area contributed by atoms with E-state index in [2.05, 4.69) is 31.3 Å². The molecule has 3 nitrogen and oxygen atoms in total. The van der Waals surface area contributed by atoms with Crippen molar-refractivity contribution >= 4 is 11.6 Å². The van der Waals surface area contributed by atoms with Crippen LogP contribution in [0.1, 0.15) is 51.0 Å². The molecule has 104 valence electrons. The lowest BCUT2D eigenvalue weighted by Crippen LogP contribution is -2.40. The molecule has 1 saturated carbocycles. The van der Waals surface area contributed by atoms with Crippen molar-refractivity contribution in [1.82, 2.24) is 0 Å². The van der Waals surface area contributed by atoms with E-state index >= 15 is 0 Å². The SMILES string of the molecule is CC(C)c1ccc(NC(=O)C2(CN)CCCC2)cc1. The van der Waals surface area contributed by atoms with E-state index in [0.717, 1.165) is 31.4 Å². The highest BCUT2D eigenvalue weighted by atomic mass is 16.2. The highest BCUT2D eigenvalue weighted by Crippen LogP contribution is 2.38. The average Bonchev–Trinajstić information content (AvgIpc) is 2.89. The van der Waals surface area contributed by atoms with E-state index in [1.165, 1.54) is 5.56 Å². The monoisotopic (exact) mass is 260 g/mol. The zero-order valence-electron chi connectivity index (χ0n) is 11.9. The Morgan fingerprint density at radius 1 is 1.26 bits per heavy atom. The van der Waals surface area contributed by atoms with Crippen LogP contribution in [0.3, 0.4) is 0 Å². The molecule has 1 aliphatic rings. The largest absolute Gasteiger partial charge is 0.329 e. The Morgan fingerprint density at radius 3 is 2.32 bits per heavy atom. The third-order valence-corrected chi connectivity index (χ3v) is 4.27. The molecule has 1 aromatic rings. The molecule has 0 aromatic heterocycles. The predicted molar refractivity (Wildman–Crippen MR) is 79.1 cm³/mol. The number of hydrogen-bond acceptors (Lipinski definition) is 2. The first kappa shape index (κ1) is 14.1. The predicted octanol–water partition coefficient (Wildman–Crippen LogP) is 3.27. The molecule has 1 aliphatic carbocycles. The summed E-state index contributed by atoms with van der Waals surface area (Å²) in [5.74, 6) is 0.597. The van der Waals surface area contributed by atoms with E-state index in [1.54, 1.807) is 0 Å². The van der Waals surface area contributed by atoms with Gasteiger partial charge in [0.25, 0.3) is 0 Å². The second-order valence-electron chi connectivity index (χ2n) is 5.92. The Hall–Kier alpha value is -1.35. The van der Waals surface area contributed by atoms with Crippen LogP contribution in [-0.4, -0.2) is 12.5 Å². The minimum Gasteiger partial charge on any atom is -0.329 e. The first-order valence-corrected chi connectivity index (χ1v) is 7.19. The first-order valence-electron chi connectivity index (χ1n) is 7.19. The van der Waals surface area contributed by atoms with E-state index in [-0.39, 0.29) is 11.3 Å². The lowest BCUT2D eigenvalue weighted by atomic mass is 9.85. The van der Waals surface area contributed by atoms with Gasteiger partial charge in [-0.25, -0.2) is 0 Å². The zero-order chi connectivity index (χ0) is 13.9. The minimum atomic E-state index is -0.337. The van der Waals surface area contributed by atoms with Crippen LogP contribution in [0.4, 0.5) is 5.69 Å². The van der Waals surface area contributed by atoms with Crippen molar-refractivity contribution in [2.45, 2.75) is 45.4 Å². The maximum atomic E-state index is 12.4. The minimum absolute atomic E-state index is 0.0878. The van der Waals surface area contributed by atoms with Crippen molar-refractivity contribution in [2.24, 2.45) is 11.1 Å². The number of nitrogens with one attached hydrogen (secondary N) is 1. The molecule has 19 heavy (non-hydrogen) atoms. The quantitative estimate of drug-likeness (QED) is 0.873. The number of rotatable bonds is 4.